The summed E-state index contributed by atoms with van der Waals surface area (Å²) in [6.45, 7) is 0.961. The summed E-state index contributed by atoms with van der Waals surface area (Å²) in [7, 11) is 0. The summed E-state index contributed by atoms with van der Waals surface area (Å²) in [6, 6.07) is 13.0. The lowest BCUT2D eigenvalue weighted by atomic mass is 10.2. The van der Waals surface area contributed by atoms with Crippen molar-refractivity contribution < 1.29 is 18.4 Å². The molecule has 0 bridgehead atoms. The standard InChI is InChI=1S/C21H21ClFN3O3/c22-16-7-5-15(6-8-16)21-25-20(29-26-21)4-1-3-19(27)24-13-2-14-28-18-11-9-17(23)10-12-18/h5-12H,1-4,13-14H2,(H,24,27). The third-order valence-corrected chi connectivity index (χ3v) is 4.34. The normalized spacial score (nSPS) is 10.7. The van der Waals surface area contributed by atoms with Gasteiger partial charge in [0.2, 0.25) is 17.6 Å². The Labute approximate surface area is 173 Å². The molecule has 0 fully saturated rings. The van der Waals surface area contributed by atoms with E-state index in [0.717, 1.165) is 5.56 Å². The fourth-order valence-corrected chi connectivity index (χ4v) is 2.71. The molecule has 0 saturated carbocycles. The zero-order valence-electron chi connectivity index (χ0n) is 15.7. The first-order valence-corrected chi connectivity index (χ1v) is 9.71. The highest BCUT2D eigenvalue weighted by molar-refractivity contribution is 6.30. The van der Waals surface area contributed by atoms with Crippen molar-refractivity contribution in [2.75, 3.05) is 13.2 Å². The van der Waals surface area contributed by atoms with E-state index in [1.54, 1.807) is 24.3 Å². The van der Waals surface area contributed by atoms with Crippen LogP contribution < -0.4 is 10.1 Å². The van der Waals surface area contributed by atoms with Gasteiger partial charge in [-0.25, -0.2) is 4.39 Å². The highest BCUT2D eigenvalue weighted by Gasteiger charge is 2.09. The average molecular weight is 418 g/mol. The maximum absolute atomic E-state index is 12.8. The van der Waals surface area contributed by atoms with Gasteiger partial charge in [0.05, 0.1) is 6.61 Å². The Balaban J connectivity index is 1.29. The van der Waals surface area contributed by atoms with E-state index >= 15 is 0 Å². The monoisotopic (exact) mass is 417 g/mol. The maximum Gasteiger partial charge on any atom is 0.226 e. The van der Waals surface area contributed by atoms with E-state index in [1.807, 2.05) is 12.1 Å². The summed E-state index contributed by atoms with van der Waals surface area (Å²) in [5, 5.41) is 7.44. The number of rotatable bonds is 10. The summed E-state index contributed by atoms with van der Waals surface area (Å²) < 4.78 is 23.5. The molecule has 0 aliphatic carbocycles. The number of nitrogens with one attached hydrogen (secondary N) is 1. The van der Waals surface area contributed by atoms with Crippen LogP contribution in [0.25, 0.3) is 11.4 Å². The van der Waals surface area contributed by atoms with Crippen LogP contribution in [0.15, 0.2) is 53.1 Å². The van der Waals surface area contributed by atoms with Gasteiger partial charge in [0.15, 0.2) is 0 Å². The Kier molecular flexibility index (Phi) is 7.58. The van der Waals surface area contributed by atoms with E-state index in [0.29, 0.717) is 61.3 Å². The zero-order valence-corrected chi connectivity index (χ0v) is 16.5. The van der Waals surface area contributed by atoms with E-state index in [2.05, 4.69) is 15.5 Å². The molecule has 1 amide bonds. The van der Waals surface area contributed by atoms with Crippen LogP contribution >= 0.6 is 11.6 Å². The fraction of sp³-hybridized carbons (Fsp3) is 0.286. The molecule has 152 valence electrons. The number of aromatic nitrogens is 2. The van der Waals surface area contributed by atoms with Gasteiger partial charge in [-0.1, -0.05) is 16.8 Å². The summed E-state index contributed by atoms with van der Waals surface area (Å²) in [4.78, 5) is 16.2. The van der Waals surface area contributed by atoms with Crippen molar-refractivity contribution in [2.45, 2.75) is 25.7 Å². The minimum atomic E-state index is -0.300. The molecule has 1 N–H and O–H groups in total. The largest absolute Gasteiger partial charge is 0.494 e. The number of nitrogens with zero attached hydrogens (tertiary/aromatic N) is 2. The van der Waals surface area contributed by atoms with Gasteiger partial charge in [-0.15, -0.1) is 0 Å². The first kappa shape index (κ1) is 20.8. The minimum absolute atomic E-state index is 0.0378. The number of aryl methyl sites for hydroxylation is 1. The molecule has 6 nitrogen and oxygen atoms in total. The Morgan fingerprint density at radius 3 is 2.62 bits per heavy atom. The SMILES string of the molecule is O=C(CCCc1nc(-c2ccc(Cl)cc2)no1)NCCCOc1ccc(F)cc1. The Morgan fingerprint density at radius 1 is 1.10 bits per heavy atom. The predicted octanol–water partition coefficient (Wildman–Crippen LogP) is 4.44. The number of ether oxygens (including phenoxy) is 1. The van der Waals surface area contributed by atoms with Gasteiger partial charge in [0.1, 0.15) is 11.6 Å². The van der Waals surface area contributed by atoms with Crippen LogP contribution in [0.2, 0.25) is 5.02 Å². The molecule has 0 spiro atoms. The van der Waals surface area contributed by atoms with Gasteiger partial charge in [0, 0.05) is 30.0 Å². The van der Waals surface area contributed by atoms with E-state index in [9.17, 15) is 9.18 Å². The highest BCUT2D eigenvalue weighted by atomic mass is 35.5. The lowest BCUT2D eigenvalue weighted by molar-refractivity contribution is -0.121. The molecule has 0 saturated heterocycles. The topological polar surface area (TPSA) is 77.2 Å². The van der Waals surface area contributed by atoms with Crippen LogP contribution in [0.3, 0.4) is 0 Å². The van der Waals surface area contributed by atoms with E-state index < -0.39 is 0 Å². The van der Waals surface area contributed by atoms with Crippen LogP contribution in [-0.2, 0) is 11.2 Å². The number of hydrogen-bond acceptors (Lipinski definition) is 5. The van der Waals surface area contributed by atoms with Crippen LogP contribution in [-0.4, -0.2) is 29.2 Å². The van der Waals surface area contributed by atoms with Crippen LogP contribution in [0.4, 0.5) is 4.39 Å². The number of carbonyl (C=O) groups is 1. The molecule has 2 aromatic carbocycles. The van der Waals surface area contributed by atoms with E-state index in [1.165, 1.54) is 12.1 Å². The number of carbonyl (C=O) groups excluding carboxylic acids is 1. The second kappa shape index (κ2) is 10.6. The minimum Gasteiger partial charge on any atom is -0.494 e. The molecule has 0 aliphatic rings. The molecule has 0 atom stereocenters. The van der Waals surface area contributed by atoms with Crippen molar-refractivity contribution in [1.82, 2.24) is 15.5 Å². The van der Waals surface area contributed by atoms with Gasteiger partial charge in [0.25, 0.3) is 0 Å². The van der Waals surface area contributed by atoms with Crippen molar-refractivity contribution in [3.8, 4) is 17.1 Å². The second-order valence-electron chi connectivity index (χ2n) is 6.38. The summed E-state index contributed by atoms with van der Waals surface area (Å²) in [6.07, 6.45) is 2.18. The van der Waals surface area contributed by atoms with Crippen molar-refractivity contribution in [2.24, 2.45) is 0 Å². The molecule has 0 aliphatic heterocycles. The van der Waals surface area contributed by atoms with Gasteiger partial charge in [-0.2, -0.15) is 4.98 Å². The Hall–Kier alpha value is -2.93. The molecule has 29 heavy (non-hydrogen) atoms. The molecular weight excluding hydrogens is 397 g/mol. The van der Waals surface area contributed by atoms with E-state index in [4.69, 9.17) is 20.9 Å². The lowest BCUT2D eigenvalue weighted by Gasteiger charge is -2.07. The lowest BCUT2D eigenvalue weighted by Crippen LogP contribution is -2.25. The molecule has 0 radical (unpaired) electrons. The van der Waals surface area contributed by atoms with Crippen molar-refractivity contribution in [1.29, 1.82) is 0 Å². The van der Waals surface area contributed by atoms with Crippen LogP contribution in [0.5, 0.6) is 5.75 Å². The molecule has 3 rings (SSSR count). The Bertz CT molecular complexity index is 914. The smallest absolute Gasteiger partial charge is 0.226 e. The molecule has 3 aromatic rings. The quantitative estimate of drug-likeness (QED) is 0.493. The number of hydrogen-bond donors (Lipinski definition) is 1. The Morgan fingerprint density at radius 2 is 1.86 bits per heavy atom. The fourth-order valence-electron chi connectivity index (χ4n) is 2.58. The third-order valence-electron chi connectivity index (χ3n) is 4.09. The van der Waals surface area contributed by atoms with E-state index in [-0.39, 0.29) is 11.7 Å². The highest BCUT2D eigenvalue weighted by Crippen LogP contribution is 2.19. The molecule has 1 heterocycles. The predicted molar refractivity (Wildman–Crippen MR) is 107 cm³/mol. The van der Waals surface area contributed by atoms with Gasteiger partial charge < -0.3 is 14.6 Å². The first-order chi connectivity index (χ1) is 14.1. The summed E-state index contributed by atoms with van der Waals surface area (Å²) in [5.41, 5.74) is 0.824. The first-order valence-electron chi connectivity index (χ1n) is 9.34. The number of amides is 1. The van der Waals surface area contributed by atoms with Crippen LogP contribution in [0, 0.1) is 5.82 Å². The summed E-state index contributed by atoms with van der Waals surface area (Å²) >= 11 is 5.87. The van der Waals surface area contributed by atoms with Gasteiger partial charge in [-0.05, 0) is 61.4 Å². The van der Waals surface area contributed by atoms with Crippen molar-refractivity contribution in [3.63, 3.8) is 0 Å². The van der Waals surface area contributed by atoms with Crippen LogP contribution in [0.1, 0.15) is 25.2 Å². The molecule has 8 heteroatoms. The van der Waals surface area contributed by atoms with Gasteiger partial charge in [-0.3, -0.25) is 4.79 Å². The van der Waals surface area contributed by atoms with Crippen molar-refractivity contribution in [3.05, 3.63) is 65.3 Å². The number of halogens is 2. The average Bonchev–Trinajstić information content (AvgIpc) is 3.18. The summed E-state index contributed by atoms with van der Waals surface area (Å²) in [5.74, 6) is 1.27. The molecule has 1 aromatic heterocycles. The maximum atomic E-state index is 12.8. The molecular formula is C21H21ClFN3O3. The third kappa shape index (κ3) is 6.87. The van der Waals surface area contributed by atoms with Gasteiger partial charge >= 0.3 is 0 Å². The zero-order chi connectivity index (χ0) is 20.5. The van der Waals surface area contributed by atoms with Crippen molar-refractivity contribution >= 4 is 17.5 Å². The second-order valence-corrected chi connectivity index (χ2v) is 6.81. The number of benzene rings is 2. The molecule has 0 unspecified atom stereocenters.